The summed E-state index contributed by atoms with van der Waals surface area (Å²) in [5, 5.41) is 14.3. The highest BCUT2D eigenvalue weighted by molar-refractivity contribution is 7.11. The van der Waals surface area contributed by atoms with Crippen molar-refractivity contribution in [2.45, 2.75) is 52.9 Å². The Hall–Kier alpha value is -0.480. The molecule has 0 spiro atoms. The molecule has 0 amide bonds. The number of nitrogens with one attached hydrogen (secondary N) is 1. The maximum absolute atomic E-state index is 4.27. The van der Waals surface area contributed by atoms with Gasteiger partial charge in [-0.2, -0.15) is 0 Å². The van der Waals surface area contributed by atoms with Gasteiger partial charge in [0.15, 0.2) is 0 Å². The Morgan fingerprint density at radius 2 is 1.94 bits per heavy atom. The minimum atomic E-state index is 0.724. The Kier molecular flexibility index (Phi) is 7.37. The normalized spacial score (nSPS) is 12.9. The van der Waals surface area contributed by atoms with Gasteiger partial charge < -0.3 is 5.32 Å². The van der Waals surface area contributed by atoms with Crippen molar-refractivity contribution in [1.29, 1.82) is 0 Å². The second-order valence-corrected chi connectivity index (χ2v) is 5.81. The molecule has 1 atom stereocenters. The van der Waals surface area contributed by atoms with E-state index in [0.717, 1.165) is 38.3 Å². The molecule has 1 aromatic rings. The van der Waals surface area contributed by atoms with E-state index in [9.17, 15) is 0 Å². The summed E-state index contributed by atoms with van der Waals surface area (Å²) in [6.45, 7) is 8.91. The van der Waals surface area contributed by atoms with Crippen LogP contribution in [-0.2, 0) is 12.8 Å². The Morgan fingerprint density at radius 1 is 1.18 bits per heavy atom. The van der Waals surface area contributed by atoms with Gasteiger partial charge in [-0.25, -0.2) is 0 Å². The molecular weight excluding hydrogens is 230 g/mol. The maximum atomic E-state index is 4.27. The van der Waals surface area contributed by atoms with Gasteiger partial charge in [0.05, 0.1) is 0 Å². The molecule has 1 aromatic heterocycles. The molecule has 0 aliphatic heterocycles. The van der Waals surface area contributed by atoms with Crippen LogP contribution in [0, 0.1) is 5.92 Å². The Bertz CT molecular complexity index is 299. The van der Waals surface area contributed by atoms with Crippen LogP contribution in [0.25, 0.3) is 0 Å². The number of nitrogens with zero attached hydrogens (tertiary/aromatic N) is 2. The van der Waals surface area contributed by atoms with Crippen LogP contribution in [0.2, 0.25) is 0 Å². The highest BCUT2D eigenvalue weighted by atomic mass is 32.1. The van der Waals surface area contributed by atoms with E-state index in [1.54, 1.807) is 11.3 Å². The third kappa shape index (κ3) is 6.13. The van der Waals surface area contributed by atoms with Crippen molar-refractivity contribution < 1.29 is 0 Å². The van der Waals surface area contributed by atoms with Crippen molar-refractivity contribution in [1.82, 2.24) is 15.5 Å². The molecule has 1 heterocycles. The maximum Gasteiger partial charge on any atom is 0.117 e. The van der Waals surface area contributed by atoms with Crippen LogP contribution in [0.3, 0.4) is 0 Å². The van der Waals surface area contributed by atoms with Gasteiger partial charge in [0.2, 0.25) is 0 Å². The topological polar surface area (TPSA) is 37.8 Å². The van der Waals surface area contributed by atoms with Crippen molar-refractivity contribution in [3.8, 4) is 0 Å². The fourth-order valence-electron chi connectivity index (χ4n) is 1.58. The van der Waals surface area contributed by atoms with E-state index >= 15 is 0 Å². The molecule has 1 rings (SSSR count). The van der Waals surface area contributed by atoms with Gasteiger partial charge in [0, 0.05) is 12.8 Å². The van der Waals surface area contributed by atoms with Gasteiger partial charge in [-0.1, -0.05) is 27.2 Å². The average Bonchev–Trinajstić information content (AvgIpc) is 2.76. The molecule has 0 radical (unpaired) electrons. The molecular formula is C13H25N3S. The summed E-state index contributed by atoms with van der Waals surface area (Å²) in [6.07, 6.45) is 5.74. The minimum absolute atomic E-state index is 0.724. The van der Waals surface area contributed by atoms with Crippen molar-refractivity contribution in [3.63, 3.8) is 0 Å². The van der Waals surface area contributed by atoms with Gasteiger partial charge in [-0.3, -0.25) is 0 Å². The summed E-state index contributed by atoms with van der Waals surface area (Å²) in [7, 11) is 0. The predicted molar refractivity (Wildman–Crippen MR) is 74.5 cm³/mol. The summed E-state index contributed by atoms with van der Waals surface area (Å²) in [5.41, 5.74) is 0. The van der Waals surface area contributed by atoms with Gasteiger partial charge in [-0.15, -0.1) is 21.5 Å². The third-order valence-corrected chi connectivity index (χ3v) is 3.91. The first-order chi connectivity index (χ1) is 8.26. The second kappa shape index (κ2) is 8.59. The van der Waals surface area contributed by atoms with Crippen molar-refractivity contribution >= 4 is 11.3 Å². The minimum Gasteiger partial charge on any atom is -0.317 e. The molecule has 0 aliphatic rings. The van der Waals surface area contributed by atoms with Crippen LogP contribution in [0.4, 0.5) is 0 Å². The van der Waals surface area contributed by atoms with Gasteiger partial charge in [0.25, 0.3) is 0 Å². The number of aryl methyl sites for hydroxylation is 1. The molecule has 0 saturated heterocycles. The van der Waals surface area contributed by atoms with E-state index < -0.39 is 0 Å². The molecule has 0 bridgehead atoms. The van der Waals surface area contributed by atoms with Crippen LogP contribution in [0.15, 0.2) is 0 Å². The Morgan fingerprint density at radius 3 is 2.65 bits per heavy atom. The number of aromatic nitrogens is 2. The number of hydrogen-bond donors (Lipinski definition) is 1. The van der Waals surface area contributed by atoms with Crippen LogP contribution in [-0.4, -0.2) is 23.3 Å². The molecule has 1 N–H and O–H groups in total. The third-order valence-electron chi connectivity index (χ3n) is 2.90. The standard InChI is InChI=1S/C13H25N3S/c1-4-8-14-9-6-7-12-15-16-13(17-12)10-11(3)5-2/h11,14H,4-10H2,1-3H3. The molecule has 0 fully saturated rings. The lowest BCUT2D eigenvalue weighted by molar-refractivity contribution is 0.556. The van der Waals surface area contributed by atoms with Crippen molar-refractivity contribution in [3.05, 3.63) is 10.0 Å². The van der Waals surface area contributed by atoms with E-state index in [1.807, 2.05) is 0 Å². The fourth-order valence-corrected chi connectivity index (χ4v) is 2.63. The number of rotatable bonds is 9. The van der Waals surface area contributed by atoms with E-state index in [4.69, 9.17) is 0 Å². The zero-order valence-corrected chi connectivity index (χ0v) is 12.1. The molecule has 4 heteroatoms. The fraction of sp³-hybridized carbons (Fsp3) is 0.846. The summed E-state index contributed by atoms with van der Waals surface area (Å²) < 4.78 is 0. The number of hydrogen-bond acceptors (Lipinski definition) is 4. The first kappa shape index (κ1) is 14.6. The lowest BCUT2D eigenvalue weighted by Crippen LogP contribution is -2.16. The lowest BCUT2D eigenvalue weighted by atomic mass is 10.1. The molecule has 0 saturated carbocycles. The molecule has 17 heavy (non-hydrogen) atoms. The summed E-state index contributed by atoms with van der Waals surface area (Å²) in [6, 6.07) is 0. The molecule has 0 aliphatic carbocycles. The smallest absolute Gasteiger partial charge is 0.117 e. The highest BCUT2D eigenvalue weighted by Gasteiger charge is 2.07. The summed E-state index contributed by atoms with van der Waals surface area (Å²) in [4.78, 5) is 0. The molecule has 0 aromatic carbocycles. The van der Waals surface area contributed by atoms with Gasteiger partial charge >= 0.3 is 0 Å². The van der Waals surface area contributed by atoms with E-state index in [2.05, 4.69) is 36.3 Å². The van der Waals surface area contributed by atoms with E-state index in [1.165, 1.54) is 22.9 Å². The molecule has 3 nitrogen and oxygen atoms in total. The zero-order valence-electron chi connectivity index (χ0n) is 11.3. The van der Waals surface area contributed by atoms with E-state index in [0.29, 0.717) is 0 Å². The molecule has 98 valence electrons. The quantitative estimate of drug-likeness (QED) is 0.689. The van der Waals surface area contributed by atoms with Crippen LogP contribution >= 0.6 is 11.3 Å². The first-order valence-corrected chi connectivity index (χ1v) is 7.59. The lowest BCUT2D eigenvalue weighted by Gasteiger charge is -2.03. The SMILES string of the molecule is CCCNCCCc1nnc(CC(C)CC)s1. The Balaban J connectivity index is 2.21. The monoisotopic (exact) mass is 255 g/mol. The zero-order chi connectivity index (χ0) is 12.5. The predicted octanol–water partition coefficient (Wildman–Crippen LogP) is 3.06. The van der Waals surface area contributed by atoms with Gasteiger partial charge in [0.1, 0.15) is 10.0 Å². The van der Waals surface area contributed by atoms with Crippen molar-refractivity contribution in [2.24, 2.45) is 5.92 Å². The van der Waals surface area contributed by atoms with Gasteiger partial charge in [-0.05, 0) is 31.8 Å². The summed E-state index contributed by atoms with van der Waals surface area (Å²) >= 11 is 1.79. The van der Waals surface area contributed by atoms with Crippen molar-refractivity contribution in [2.75, 3.05) is 13.1 Å². The first-order valence-electron chi connectivity index (χ1n) is 6.78. The second-order valence-electron chi connectivity index (χ2n) is 4.66. The van der Waals surface area contributed by atoms with Crippen LogP contribution in [0.1, 0.15) is 50.0 Å². The molecule has 1 unspecified atom stereocenters. The largest absolute Gasteiger partial charge is 0.317 e. The van der Waals surface area contributed by atoms with Crippen LogP contribution < -0.4 is 5.32 Å². The van der Waals surface area contributed by atoms with Crippen LogP contribution in [0.5, 0.6) is 0 Å². The van der Waals surface area contributed by atoms with E-state index in [-0.39, 0.29) is 0 Å². The highest BCUT2D eigenvalue weighted by Crippen LogP contribution is 2.16. The summed E-state index contributed by atoms with van der Waals surface area (Å²) in [5.74, 6) is 0.724. The average molecular weight is 255 g/mol. The Labute approximate surface area is 109 Å².